The summed E-state index contributed by atoms with van der Waals surface area (Å²) in [7, 11) is 1.92. The van der Waals surface area contributed by atoms with E-state index in [-0.39, 0.29) is 5.91 Å². The van der Waals surface area contributed by atoms with Gasteiger partial charge >= 0.3 is 0 Å². The number of carbonyl (C=O) groups excluding carboxylic acids is 1. The van der Waals surface area contributed by atoms with Crippen LogP contribution in [0.25, 0.3) is 0 Å². The van der Waals surface area contributed by atoms with Crippen LogP contribution in [0.4, 0.5) is 0 Å². The molecule has 0 spiro atoms. The van der Waals surface area contributed by atoms with Gasteiger partial charge in [-0.3, -0.25) is 14.7 Å². The first-order valence-electron chi connectivity index (χ1n) is 7.39. The van der Waals surface area contributed by atoms with Crippen LogP contribution in [0.5, 0.6) is 0 Å². The lowest BCUT2D eigenvalue weighted by Crippen LogP contribution is -2.35. The van der Waals surface area contributed by atoms with E-state index in [1.54, 1.807) is 17.5 Å². The number of nitrogens with one attached hydrogen (secondary N) is 1. The van der Waals surface area contributed by atoms with Crippen molar-refractivity contribution in [2.75, 3.05) is 20.1 Å². The molecule has 0 aliphatic rings. The quantitative estimate of drug-likeness (QED) is 0.757. The minimum absolute atomic E-state index is 0.0498. The fraction of sp³-hybridized carbons (Fsp3) is 0.438. The maximum atomic E-state index is 11.9. The van der Waals surface area contributed by atoms with Gasteiger partial charge in [0.25, 0.3) is 0 Å². The summed E-state index contributed by atoms with van der Waals surface area (Å²) < 4.78 is 0. The van der Waals surface area contributed by atoms with Crippen LogP contribution < -0.4 is 5.32 Å². The minimum Gasteiger partial charge on any atom is -0.355 e. The van der Waals surface area contributed by atoms with Crippen molar-refractivity contribution in [3.63, 3.8) is 0 Å². The highest BCUT2D eigenvalue weighted by atomic mass is 32.1. The summed E-state index contributed by atoms with van der Waals surface area (Å²) >= 11 is 1.68. The van der Waals surface area contributed by atoms with Crippen molar-refractivity contribution in [2.45, 2.75) is 26.3 Å². The van der Waals surface area contributed by atoms with E-state index in [0.29, 0.717) is 19.6 Å². The van der Waals surface area contributed by atoms with Crippen molar-refractivity contribution in [3.8, 4) is 0 Å². The molecular formula is C16H22N4OS. The molecule has 6 heteroatoms. The fourth-order valence-corrected chi connectivity index (χ4v) is 2.93. The zero-order valence-electron chi connectivity index (χ0n) is 13.1. The number of thiazole rings is 1. The molecule has 2 aromatic heterocycles. The Kier molecular flexibility index (Phi) is 6.48. The maximum Gasteiger partial charge on any atom is 0.234 e. The number of hydrogen-bond donors (Lipinski definition) is 1. The SMILES string of the molecule is Cc1csc(CCCNC(=O)CN(C)Cc2ccccn2)n1. The molecule has 0 fully saturated rings. The summed E-state index contributed by atoms with van der Waals surface area (Å²) in [6.07, 6.45) is 3.61. The highest BCUT2D eigenvalue weighted by Gasteiger charge is 2.07. The predicted octanol–water partition coefficient (Wildman–Crippen LogP) is 2.03. The zero-order valence-corrected chi connectivity index (χ0v) is 13.9. The number of hydrogen-bond acceptors (Lipinski definition) is 5. The molecule has 0 bridgehead atoms. The van der Waals surface area contributed by atoms with E-state index in [2.05, 4.69) is 20.7 Å². The number of nitrogens with zero attached hydrogens (tertiary/aromatic N) is 3. The molecule has 0 saturated carbocycles. The zero-order chi connectivity index (χ0) is 15.8. The second kappa shape index (κ2) is 8.60. The van der Waals surface area contributed by atoms with Crippen LogP contribution in [-0.2, 0) is 17.8 Å². The van der Waals surface area contributed by atoms with Gasteiger partial charge in [-0.25, -0.2) is 4.98 Å². The van der Waals surface area contributed by atoms with Crippen LogP contribution in [-0.4, -0.2) is 40.9 Å². The Morgan fingerprint density at radius 1 is 1.41 bits per heavy atom. The fourth-order valence-electron chi connectivity index (χ4n) is 2.11. The summed E-state index contributed by atoms with van der Waals surface area (Å²) in [6.45, 7) is 3.74. The smallest absolute Gasteiger partial charge is 0.234 e. The second-order valence-electron chi connectivity index (χ2n) is 5.33. The molecule has 2 rings (SSSR count). The first-order chi connectivity index (χ1) is 10.6. The third-order valence-corrected chi connectivity index (χ3v) is 4.15. The van der Waals surface area contributed by atoms with Gasteiger partial charge in [-0.05, 0) is 32.5 Å². The number of carbonyl (C=O) groups is 1. The van der Waals surface area contributed by atoms with Crippen molar-refractivity contribution < 1.29 is 4.79 Å². The molecule has 0 aliphatic heterocycles. The van der Waals surface area contributed by atoms with E-state index in [0.717, 1.165) is 29.2 Å². The van der Waals surface area contributed by atoms with Crippen LogP contribution in [0.1, 0.15) is 22.8 Å². The third-order valence-electron chi connectivity index (χ3n) is 3.13. The molecule has 0 saturated heterocycles. The van der Waals surface area contributed by atoms with Gasteiger partial charge in [0.2, 0.25) is 5.91 Å². The first kappa shape index (κ1) is 16.6. The normalized spacial score (nSPS) is 10.9. The van der Waals surface area contributed by atoms with Crippen LogP contribution in [0, 0.1) is 6.92 Å². The summed E-state index contributed by atoms with van der Waals surface area (Å²) in [6, 6.07) is 5.81. The van der Waals surface area contributed by atoms with Crippen molar-refractivity contribution in [3.05, 3.63) is 46.2 Å². The van der Waals surface area contributed by atoms with E-state index in [1.807, 2.05) is 37.1 Å². The lowest BCUT2D eigenvalue weighted by molar-refractivity contribution is -0.122. The molecule has 0 aromatic carbocycles. The Morgan fingerprint density at radius 2 is 2.27 bits per heavy atom. The third kappa shape index (κ3) is 5.91. The Hall–Kier alpha value is -1.79. The molecule has 0 radical (unpaired) electrons. The van der Waals surface area contributed by atoms with Crippen molar-refractivity contribution in [1.82, 2.24) is 20.2 Å². The molecule has 0 unspecified atom stereocenters. The van der Waals surface area contributed by atoms with Crippen molar-refractivity contribution in [1.29, 1.82) is 0 Å². The van der Waals surface area contributed by atoms with E-state index < -0.39 is 0 Å². The molecule has 1 amide bonds. The lowest BCUT2D eigenvalue weighted by atomic mass is 10.3. The van der Waals surface area contributed by atoms with Crippen LogP contribution in [0.2, 0.25) is 0 Å². The van der Waals surface area contributed by atoms with Gasteiger partial charge in [-0.15, -0.1) is 11.3 Å². The van der Waals surface area contributed by atoms with Crippen molar-refractivity contribution in [2.24, 2.45) is 0 Å². The Bertz CT molecular complexity index is 585. The maximum absolute atomic E-state index is 11.9. The Labute approximate surface area is 135 Å². The summed E-state index contributed by atoms with van der Waals surface area (Å²) in [5.74, 6) is 0.0498. The molecule has 2 aromatic rings. The number of rotatable bonds is 8. The van der Waals surface area contributed by atoms with E-state index in [4.69, 9.17) is 0 Å². The van der Waals surface area contributed by atoms with Gasteiger partial charge in [0.05, 0.1) is 17.2 Å². The lowest BCUT2D eigenvalue weighted by Gasteiger charge is -2.15. The predicted molar refractivity (Wildman–Crippen MR) is 88.8 cm³/mol. The summed E-state index contributed by atoms with van der Waals surface area (Å²) in [4.78, 5) is 22.5. The summed E-state index contributed by atoms with van der Waals surface area (Å²) in [5, 5.41) is 6.15. The van der Waals surface area contributed by atoms with Crippen molar-refractivity contribution >= 4 is 17.2 Å². The van der Waals surface area contributed by atoms with Gasteiger partial charge in [-0.2, -0.15) is 0 Å². The van der Waals surface area contributed by atoms with Gasteiger partial charge < -0.3 is 5.32 Å². The first-order valence-corrected chi connectivity index (χ1v) is 8.27. The average Bonchev–Trinajstić information content (AvgIpc) is 2.90. The van der Waals surface area contributed by atoms with E-state index in [9.17, 15) is 4.79 Å². The second-order valence-corrected chi connectivity index (χ2v) is 6.27. The van der Waals surface area contributed by atoms with E-state index in [1.165, 1.54) is 0 Å². The molecule has 0 aliphatic carbocycles. The molecule has 1 N–H and O–H groups in total. The molecule has 0 atom stereocenters. The van der Waals surface area contributed by atoms with Gasteiger partial charge in [0, 0.05) is 36.8 Å². The van der Waals surface area contributed by atoms with Gasteiger partial charge in [0.1, 0.15) is 0 Å². The monoisotopic (exact) mass is 318 g/mol. The van der Waals surface area contributed by atoms with Gasteiger partial charge in [0.15, 0.2) is 0 Å². The molecule has 22 heavy (non-hydrogen) atoms. The molecule has 5 nitrogen and oxygen atoms in total. The molecular weight excluding hydrogens is 296 g/mol. The Morgan fingerprint density at radius 3 is 2.95 bits per heavy atom. The molecule has 118 valence electrons. The number of likely N-dealkylation sites (N-methyl/N-ethyl adjacent to an activating group) is 1. The standard InChI is InChI=1S/C16H22N4OS/c1-13-12-22-16(19-13)7-5-9-18-15(21)11-20(2)10-14-6-3-4-8-17-14/h3-4,6,8,12H,5,7,9-11H2,1-2H3,(H,18,21). The Balaban J connectivity index is 1.61. The average molecular weight is 318 g/mol. The molecule has 2 heterocycles. The number of pyridine rings is 1. The van der Waals surface area contributed by atoms with Crippen LogP contribution in [0.3, 0.4) is 0 Å². The largest absolute Gasteiger partial charge is 0.355 e. The highest BCUT2D eigenvalue weighted by molar-refractivity contribution is 7.09. The minimum atomic E-state index is 0.0498. The van der Waals surface area contributed by atoms with Crippen LogP contribution in [0.15, 0.2) is 29.8 Å². The summed E-state index contributed by atoms with van der Waals surface area (Å²) in [5.41, 5.74) is 2.04. The highest BCUT2D eigenvalue weighted by Crippen LogP contribution is 2.10. The number of amides is 1. The number of aryl methyl sites for hydroxylation is 2. The topological polar surface area (TPSA) is 58.1 Å². The number of aromatic nitrogens is 2. The van der Waals surface area contributed by atoms with Crippen LogP contribution >= 0.6 is 11.3 Å². The van der Waals surface area contributed by atoms with E-state index >= 15 is 0 Å². The van der Waals surface area contributed by atoms with Gasteiger partial charge in [-0.1, -0.05) is 6.07 Å².